The summed E-state index contributed by atoms with van der Waals surface area (Å²) in [5.74, 6) is 0.256. The minimum absolute atomic E-state index is 0.0673. The van der Waals surface area contributed by atoms with Gasteiger partial charge in [0.15, 0.2) is 0 Å². The molecule has 1 aliphatic rings. The lowest BCUT2D eigenvalue weighted by molar-refractivity contribution is -0.137. The number of halogens is 4. The van der Waals surface area contributed by atoms with Gasteiger partial charge in [0.05, 0.1) is 17.0 Å². The van der Waals surface area contributed by atoms with Crippen molar-refractivity contribution < 1.29 is 30.8 Å². The molecule has 2 N–H and O–H groups in total. The number of hydrogen-bond donors (Lipinski definition) is 2. The summed E-state index contributed by atoms with van der Waals surface area (Å²) in [6.07, 6.45) is 1.75. The molecule has 1 amide bonds. The zero-order valence-corrected chi connectivity index (χ0v) is 24.5. The third-order valence-electron chi connectivity index (χ3n) is 7.25. The number of nitrogens with zero attached hydrogens (tertiary/aromatic N) is 2. The van der Waals surface area contributed by atoms with Gasteiger partial charge in [0, 0.05) is 33.1 Å². The van der Waals surface area contributed by atoms with Crippen LogP contribution in [-0.4, -0.2) is 51.1 Å². The first kappa shape index (κ1) is 33.3. The van der Waals surface area contributed by atoms with Crippen LogP contribution in [0.25, 0.3) is 0 Å². The van der Waals surface area contributed by atoms with Crippen LogP contribution in [0.1, 0.15) is 56.1 Å². The van der Waals surface area contributed by atoms with E-state index in [0.717, 1.165) is 53.5 Å². The Morgan fingerprint density at radius 2 is 1.67 bits per heavy atom. The van der Waals surface area contributed by atoms with E-state index in [2.05, 4.69) is 22.2 Å². The summed E-state index contributed by atoms with van der Waals surface area (Å²) in [4.78, 5) is 16.6. The van der Waals surface area contributed by atoms with Crippen LogP contribution in [0.3, 0.4) is 0 Å². The van der Waals surface area contributed by atoms with Crippen molar-refractivity contribution in [1.82, 2.24) is 14.9 Å². The van der Waals surface area contributed by atoms with Gasteiger partial charge in [0.2, 0.25) is 15.9 Å². The molecule has 42 heavy (non-hydrogen) atoms. The molecule has 0 unspecified atom stereocenters. The molecule has 2 aromatic carbocycles. The highest BCUT2D eigenvalue weighted by atomic mass is 32.2. The predicted molar refractivity (Wildman–Crippen MR) is 155 cm³/mol. The van der Waals surface area contributed by atoms with E-state index in [1.807, 2.05) is 0 Å². The minimum Gasteiger partial charge on any atom is -0.373 e. The number of hydrogen-bond acceptors (Lipinski definition) is 4. The first-order valence-corrected chi connectivity index (χ1v) is 15.4. The van der Waals surface area contributed by atoms with Gasteiger partial charge in [-0.05, 0) is 72.7 Å². The van der Waals surface area contributed by atoms with Crippen LogP contribution < -0.4 is 10.6 Å². The molecule has 12 heteroatoms. The SMILES string of the molecule is C=C(CCN(Cc1ccc(C(F)(F)F)cc1)S(=O)(=O)c1ccc(F)cc1)/C(=N/CCC(=O)NCC1CCCCC1)NC. The molecule has 0 spiro atoms. The molecule has 0 atom stereocenters. The number of sulfonamides is 1. The highest BCUT2D eigenvalue weighted by molar-refractivity contribution is 7.89. The van der Waals surface area contributed by atoms with Crippen molar-refractivity contribution in [2.45, 2.75) is 62.6 Å². The lowest BCUT2D eigenvalue weighted by atomic mass is 9.89. The molecule has 0 aliphatic heterocycles. The monoisotopic (exact) mass is 610 g/mol. The molecule has 1 saturated carbocycles. The first-order valence-electron chi connectivity index (χ1n) is 14.0. The second-order valence-corrected chi connectivity index (χ2v) is 12.3. The highest BCUT2D eigenvalue weighted by Crippen LogP contribution is 2.30. The third kappa shape index (κ3) is 9.94. The first-order chi connectivity index (χ1) is 19.9. The molecule has 230 valence electrons. The summed E-state index contributed by atoms with van der Waals surface area (Å²) in [5, 5.41) is 5.91. The second kappa shape index (κ2) is 15.3. The Hall–Kier alpha value is -3.25. The molecule has 0 aromatic heterocycles. The number of amides is 1. The average molecular weight is 611 g/mol. The van der Waals surface area contributed by atoms with Crippen molar-refractivity contribution >= 4 is 21.8 Å². The Balaban J connectivity index is 1.65. The van der Waals surface area contributed by atoms with E-state index in [4.69, 9.17) is 0 Å². The van der Waals surface area contributed by atoms with E-state index in [1.165, 1.54) is 31.4 Å². The fourth-order valence-corrected chi connectivity index (χ4v) is 6.22. The number of benzene rings is 2. The van der Waals surface area contributed by atoms with Gasteiger partial charge >= 0.3 is 6.18 Å². The van der Waals surface area contributed by atoms with E-state index in [0.29, 0.717) is 29.4 Å². The number of nitrogens with one attached hydrogen (secondary N) is 2. The number of rotatable bonds is 13. The Bertz CT molecular complexity index is 1320. The van der Waals surface area contributed by atoms with Gasteiger partial charge in [-0.1, -0.05) is 38.0 Å². The van der Waals surface area contributed by atoms with E-state index in [1.54, 1.807) is 7.05 Å². The molecular formula is C30H38F4N4O3S. The summed E-state index contributed by atoms with van der Waals surface area (Å²) in [5.41, 5.74) is -0.00186. The van der Waals surface area contributed by atoms with E-state index in [-0.39, 0.29) is 43.3 Å². The van der Waals surface area contributed by atoms with Crippen LogP contribution in [0.2, 0.25) is 0 Å². The maximum absolute atomic E-state index is 13.5. The fraction of sp³-hybridized carbons (Fsp3) is 0.467. The van der Waals surface area contributed by atoms with Crippen molar-refractivity contribution in [3.63, 3.8) is 0 Å². The third-order valence-corrected chi connectivity index (χ3v) is 9.11. The second-order valence-electron chi connectivity index (χ2n) is 10.4. The number of likely N-dealkylation sites (N-methyl/N-ethyl adjacent to an activating group) is 1. The highest BCUT2D eigenvalue weighted by Gasteiger charge is 2.30. The molecule has 1 aliphatic carbocycles. The molecular weight excluding hydrogens is 572 g/mol. The smallest absolute Gasteiger partial charge is 0.373 e. The summed E-state index contributed by atoms with van der Waals surface area (Å²) < 4.78 is 80.5. The number of alkyl halides is 3. The minimum atomic E-state index is -4.52. The standard InChI is InChI=1S/C30H38F4N4O3S/c1-22(29(35-2)36-18-16-28(39)37-20-23-6-4-3-5-7-23)17-19-38(42(40,41)27-14-12-26(31)13-15-27)21-24-8-10-25(11-9-24)30(32,33)34/h8-15,23H,1,3-7,16-21H2,2H3,(H,35,36)(H,37,39). The van der Waals surface area contributed by atoms with Gasteiger partial charge in [-0.3, -0.25) is 9.79 Å². The van der Waals surface area contributed by atoms with Gasteiger partial charge in [-0.15, -0.1) is 0 Å². The Morgan fingerprint density at radius 3 is 2.26 bits per heavy atom. The number of aliphatic imine (C=N–C) groups is 1. The van der Waals surface area contributed by atoms with E-state index >= 15 is 0 Å². The molecule has 1 fully saturated rings. The zero-order chi connectivity index (χ0) is 30.8. The normalized spacial score (nSPS) is 15.0. The fourth-order valence-electron chi connectivity index (χ4n) is 4.80. The van der Waals surface area contributed by atoms with Gasteiger partial charge in [0.1, 0.15) is 11.7 Å². The molecule has 0 bridgehead atoms. The number of amidine groups is 1. The average Bonchev–Trinajstić information content (AvgIpc) is 2.96. The van der Waals surface area contributed by atoms with Crippen molar-refractivity contribution in [1.29, 1.82) is 0 Å². The van der Waals surface area contributed by atoms with Gasteiger partial charge in [-0.2, -0.15) is 17.5 Å². The van der Waals surface area contributed by atoms with Crippen LogP contribution in [0, 0.1) is 11.7 Å². The predicted octanol–water partition coefficient (Wildman–Crippen LogP) is 5.69. The van der Waals surface area contributed by atoms with Crippen LogP contribution in [0.15, 0.2) is 70.6 Å². The quantitative estimate of drug-likeness (QED) is 0.173. The number of carbonyl (C=O) groups excluding carboxylic acids is 1. The summed E-state index contributed by atoms with van der Waals surface area (Å²) >= 11 is 0. The molecule has 0 heterocycles. The maximum Gasteiger partial charge on any atom is 0.416 e. The van der Waals surface area contributed by atoms with Crippen molar-refractivity contribution in [3.05, 3.63) is 77.6 Å². The van der Waals surface area contributed by atoms with Crippen LogP contribution in [0.4, 0.5) is 17.6 Å². The van der Waals surface area contributed by atoms with E-state index in [9.17, 15) is 30.8 Å². The maximum atomic E-state index is 13.5. The Morgan fingerprint density at radius 1 is 1.02 bits per heavy atom. The topological polar surface area (TPSA) is 90.9 Å². The van der Waals surface area contributed by atoms with Crippen LogP contribution in [-0.2, 0) is 27.5 Å². The van der Waals surface area contributed by atoms with Gasteiger partial charge in [-0.25, -0.2) is 12.8 Å². The summed E-state index contributed by atoms with van der Waals surface area (Å²) in [6, 6.07) is 8.58. The van der Waals surface area contributed by atoms with Gasteiger partial charge in [0.25, 0.3) is 0 Å². The van der Waals surface area contributed by atoms with Crippen molar-refractivity contribution in [2.75, 3.05) is 26.7 Å². The lowest BCUT2D eigenvalue weighted by Crippen LogP contribution is -2.33. The van der Waals surface area contributed by atoms with Crippen LogP contribution in [0.5, 0.6) is 0 Å². The van der Waals surface area contributed by atoms with Crippen molar-refractivity contribution in [3.8, 4) is 0 Å². The molecule has 2 aromatic rings. The molecule has 0 saturated heterocycles. The molecule has 7 nitrogen and oxygen atoms in total. The number of carbonyl (C=O) groups is 1. The van der Waals surface area contributed by atoms with Gasteiger partial charge < -0.3 is 10.6 Å². The Labute approximate surface area is 245 Å². The van der Waals surface area contributed by atoms with Crippen LogP contribution >= 0.6 is 0 Å². The van der Waals surface area contributed by atoms with E-state index < -0.39 is 27.6 Å². The summed E-state index contributed by atoms with van der Waals surface area (Å²) in [7, 11) is -2.50. The molecule has 0 radical (unpaired) electrons. The molecule has 3 rings (SSSR count). The van der Waals surface area contributed by atoms with Crippen molar-refractivity contribution in [2.24, 2.45) is 10.9 Å². The largest absolute Gasteiger partial charge is 0.416 e. The lowest BCUT2D eigenvalue weighted by Gasteiger charge is -2.23. The summed E-state index contributed by atoms with van der Waals surface area (Å²) in [6.45, 7) is 4.63. The Kier molecular flexibility index (Phi) is 12.1. The zero-order valence-electron chi connectivity index (χ0n) is 23.7.